The maximum Gasteiger partial charge on any atom is 0.235 e. The molecule has 0 spiro atoms. The quantitative estimate of drug-likeness (QED) is 0.573. The van der Waals surface area contributed by atoms with Gasteiger partial charge in [-0.05, 0) is 48.1 Å². The number of thiazole rings is 1. The van der Waals surface area contributed by atoms with Gasteiger partial charge in [-0.25, -0.2) is 14.4 Å². The van der Waals surface area contributed by atoms with Crippen LogP contribution >= 0.6 is 11.3 Å². The molecular formula is C26H26FN5OS. The molecule has 0 radical (unpaired) electrons. The van der Waals surface area contributed by atoms with E-state index in [9.17, 15) is 9.18 Å². The first kappa shape index (κ1) is 23.6. The Hall–Kier alpha value is -3.57. The summed E-state index contributed by atoms with van der Waals surface area (Å²) >= 11 is 1.37. The van der Waals surface area contributed by atoms with E-state index in [-0.39, 0.29) is 17.4 Å². The van der Waals surface area contributed by atoms with E-state index >= 15 is 0 Å². The number of nitriles is 1. The van der Waals surface area contributed by atoms with Gasteiger partial charge in [-0.1, -0.05) is 44.2 Å². The normalized spacial score (nSPS) is 20.4. The van der Waals surface area contributed by atoms with E-state index in [4.69, 9.17) is 16.0 Å². The molecule has 4 rings (SSSR count). The van der Waals surface area contributed by atoms with E-state index in [1.54, 1.807) is 19.3 Å². The number of nitrogens with zero attached hydrogens (tertiary/aromatic N) is 4. The topological polar surface area (TPSA) is 95.4 Å². The molecule has 6 nitrogen and oxygen atoms in total. The van der Waals surface area contributed by atoms with E-state index in [2.05, 4.69) is 43.1 Å². The lowest BCUT2D eigenvalue weighted by molar-refractivity contribution is -0.134. The van der Waals surface area contributed by atoms with Crippen LogP contribution in [0.2, 0.25) is 0 Å². The molecule has 2 N–H and O–H groups in total. The lowest BCUT2D eigenvalue weighted by atomic mass is 9.79. The number of aliphatic imine (C=N–C) groups is 1. The molecular weight excluding hydrogens is 449 g/mol. The van der Waals surface area contributed by atoms with E-state index in [0.29, 0.717) is 22.9 Å². The Bertz CT molecular complexity index is 1310. The van der Waals surface area contributed by atoms with Gasteiger partial charge in [-0.2, -0.15) is 5.26 Å². The average Bonchev–Trinajstić information content (AvgIpc) is 3.32. The van der Waals surface area contributed by atoms with Gasteiger partial charge in [0.15, 0.2) is 5.96 Å². The van der Waals surface area contributed by atoms with Crippen molar-refractivity contribution in [2.45, 2.75) is 38.6 Å². The zero-order valence-electron chi connectivity index (χ0n) is 19.5. The van der Waals surface area contributed by atoms with Gasteiger partial charge in [0, 0.05) is 13.2 Å². The van der Waals surface area contributed by atoms with Gasteiger partial charge < -0.3 is 5.73 Å². The molecule has 2 heterocycles. The monoisotopic (exact) mass is 475 g/mol. The Morgan fingerprint density at radius 1 is 1.26 bits per heavy atom. The number of guanidine groups is 1. The first-order valence-corrected chi connectivity index (χ1v) is 11.8. The number of halogens is 1. The van der Waals surface area contributed by atoms with Crippen LogP contribution in [0.4, 0.5) is 4.39 Å². The molecule has 174 valence electrons. The summed E-state index contributed by atoms with van der Waals surface area (Å²) in [6.45, 7) is 6.17. The number of benzene rings is 2. The van der Waals surface area contributed by atoms with E-state index in [1.165, 1.54) is 33.9 Å². The Kier molecular flexibility index (Phi) is 6.24. The third kappa shape index (κ3) is 4.19. The van der Waals surface area contributed by atoms with Crippen molar-refractivity contribution in [3.8, 4) is 16.5 Å². The molecule has 1 amide bonds. The summed E-state index contributed by atoms with van der Waals surface area (Å²) in [5.74, 6) is -0.619. The summed E-state index contributed by atoms with van der Waals surface area (Å²) < 4.78 is 13.8. The van der Waals surface area contributed by atoms with Crippen LogP contribution in [0.1, 0.15) is 48.4 Å². The highest BCUT2D eigenvalue weighted by atomic mass is 32.1. The first-order chi connectivity index (χ1) is 16.1. The van der Waals surface area contributed by atoms with Crippen LogP contribution in [0.25, 0.3) is 10.4 Å². The van der Waals surface area contributed by atoms with E-state index in [0.717, 1.165) is 10.4 Å². The van der Waals surface area contributed by atoms with Crippen molar-refractivity contribution < 1.29 is 9.18 Å². The van der Waals surface area contributed by atoms with Crippen molar-refractivity contribution in [2.24, 2.45) is 16.6 Å². The van der Waals surface area contributed by atoms with Gasteiger partial charge in [0.2, 0.25) is 5.91 Å². The Labute approximate surface area is 202 Å². The number of hydrogen-bond acceptors (Lipinski definition) is 6. The summed E-state index contributed by atoms with van der Waals surface area (Å²) in [7, 11) is 1.63. The number of hydrogen-bond donors (Lipinski definition) is 1. The van der Waals surface area contributed by atoms with Gasteiger partial charge in [-0.15, -0.1) is 11.3 Å². The predicted octanol–water partition coefficient (Wildman–Crippen LogP) is 4.81. The summed E-state index contributed by atoms with van der Waals surface area (Å²) in [6.07, 6.45) is 2.15. The number of nitrogens with two attached hydrogens (primary N) is 1. The summed E-state index contributed by atoms with van der Waals surface area (Å²) in [5, 5.41) is 9.81. The van der Waals surface area contributed by atoms with E-state index < -0.39 is 17.3 Å². The Morgan fingerprint density at radius 3 is 2.62 bits per heavy atom. The third-order valence-electron chi connectivity index (χ3n) is 6.39. The van der Waals surface area contributed by atoms with E-state index in [1.807, 2.05) is 13.0 Å². The van der Waals surface area contributed by atoms with Gasteiger partial charge >= 0.3 is 0 Å². The molecule has 0 bridgehead atoms. The molecule has 1 unspecified atom stereocenters. The standard InChI is InChI=1S/C26H26FN5OS/c1-15(2)17-7-5-16(6-8-17)11-20-23(33)32(4)25(29)31-26(20,3)24-30-14-22(34-24)18-9-10-21(27)19(12-18)13-28/h5-10,12,14-15,20H,11H2,1-4H3,(H2,29,31)/t20?,26-/m0/s1. The molecule has 8 heteroatoms. The minimum atomic E-state index is -0.967. The van der Waals surface area contributed by atoms with Crippen LogP contribution in [0.5, 0.6) is 0 Å². The average molecular weight is 476 g/mol. The highest BCUT2D eigenvalue weighted by Crippen LogP contribution is 2.43. The SMILES string of the molecule is CC(C)c1ccc(CC2C(=O)N(C)C(N)=N[C@]2(C)c2ncc(-c3ccc(F)c(C#N)c3)s2)cc1. The molecule has 1 aromatic heterocycles. The predicted molar refractivity (Wildman–Crippen MR) is 132 cm³/mol. The van der Waals surface area contributed by atoms with Gasteiger partial charge in [0.25, 0.3) is 0 Å². The molecule has 3 aromatic rings. The van der Waals surface area contributed by atoms with Gasteiger partial charge in [-0.3, -0.25) is 9.69 Å². The molecule has 2 atom stereocenters. The number of amides is 1. The number of carbonyl (C=O) groups is 1. The molecule has 2 aromatic carbocycles. The fourth-order valence-corrected chi connectivity index (χ4v) is 5.20. The van der Waals surface area contributed by atoms with Gasteiger partial charge in [0.1, 0.15) is 22.4 Å². The molecule has 1 aliphatic rings. The number of carbonyl (C=O) groups excluding carboxylic acids is 1. The Balaban J connectivity index is 1.73. The van der Waals surface area contributed by atoms with Crippen LogP contribution in [0.3, 0.4) is 0 Å². The number of rotatable bonds is 5. The fraction of sp³-hybridized carbons (Fsp3) is 0.308. The molecule has 1 aliphatic heterocycles. The summed E-state index contributed by atoms with van der Waals surface area (Å²) in [5.41, 5.74) is 8.08. The van der Waals surface area contributed by atoms with Crippen molar-refractivity contribution in [3.63, 3.8) is 0 Å². The molecule has 0 saturated carbocycles. The molecule has 0 saturated heterocycles. The van der Waals surface area contributed by atoms with Gasteiger partial charge in [0.05, 0.1) is 16.4 Å². The fourth-order valence-electron chi connectivity index (χ4n) is 4.14. The summed E-state index contributed by atoms with van der Waals surface area (Å²) in [4.78, 5) is 24.8. The largest absolute Gasteiger partial charge is 0.369 e. The van der Waals surface area contributed by atoms with Crippen molar-refractivity contribution in [3.05, 3.63) is 76.2 Å². The van der Waals surface area contributed by atoms with Crippen LogP contribution in [-0.4, -0.2) is 28.8 Å². The van der Waals surface area contributed by atoms with Crippen LogP contribution < -0.4 is 5.73 Å². The van der Waals surface area contributed by atoms with Crippen molar-refractivity contribution in [1.82, 2.24) is 9.88 Å². The maximum atomic E-state index is 13.8. The first-order valence-electron chi connectivity index (χ1n) is 11.0. The minimum absolute atomic E-state index is 0.0295. The van der Waals surface area contributed by atoms with Crippen LogP contribution in [-0.2, 0) is 16.8 Å². The van der Waals surface area contributed by atoms with Crippen molar-refractivity contribution in [1.29, 1.82) is 5.26 Å². The van der Waals surface area contributed by atoms with Crippen LogP contribution in [0, 0.1) is 23.1 Å². The van der Waals surface area contributed by atoms with Crippen LogP contribution in [0.15, 0.2) is 53.7 Å². The minimum Gasteiger partial charge on any atom is -0.369 e. The highest BCUT2D eigenvalue weighted by Gasteiger charge is 2.48. The molecule has 34 heavy (non-hydrogen) atoms. The zero-order chi connectivity index (χ0) is 24.6. The lowest BCUT2D eigenvalue weighted by Gasteiger charge is -2.39. The van der Waals surface area contributed by atoms with Crippen molar-refractivity contribution >= 4 is 23.2 Å². The maximum absolute atomic E-state index is 13.8. The highest BCUT2D eigenvalue weighted by molar-refractivity contribution is 7.15. The second-order valence-corrected chi connectivity index (χ2v) is 10.0. The smallest absolute Gasteiger partial charge is 0.235 e. The van der Waals surface area contributed by atoms with Crippen molar-refractivity contribution in [2.75, 3.05) is 7.05 Å². The summed E-state index contributed by atoms with van der Waals surface area (Å²) in [6, 6.07) is 14.5. The second kappa shape index (κ2) is 8.99. The zero-order valence-corrected chi connectivity index (χ0v) is 20.4. The number of aromatic nitrogens is 1. The molecule has 0 aliphatic carbocycles. The molecule has 0 fully saturated rings. The lowest BCUT2D eigenvalue weighted by Crippen LogP contribution is -2.54. The second-order valence-electron chi connectivity index (χ2n) is 9.00. The third-order valence-corrected chi connectivity index (χ3v) is 7.67. The Morgan fingerprint density at radius 2 is 1.97 bits per heavy atom.